The Morgan fingerprint density at radius 3 is 2.54 bits per heavy atom. The number of carbonyl (C=O) groups is 2. The number of nitrogens with one attached hydrogen (secondary N) is 2. The van der Waals surface area contributed by atoms with Gasteiger partial charge in [0.1, 0.15) is 0 Å². The fraction of sp³-hybridized carbons (Fsp3) is 0.0556. The Kier molecular flexibility index (Phi) is 7.54. The molecule has 2 aromatic carbocycles. The Morgan fingerprint density at radius 2 is 1.85 bits per heavy atom. The lowest BCUT2D eigenvalue weighted by molar-refractivity contribution is -0.125. The molecule has 2 amide bonds. The van der Waals surface area contributed by atoms with E-state index in [-0.39, 0.29) is 11.7 Å². The largest absolute Gasteiger partial charge is 0.272 e. The highest BCUT2D eigenvalue weighted by Gasteiger charge is 2.07. The van der Waals surface area contributed by atoms with Gasteiger partial charge in [-0.15, -0.1) is 11.8 Å². The predicted octanol–water partition coefficient (Wildman–Crippen LogP) is 3.82. The number of rotatable bonds is 5. The Labute approximate surface area is 165 Å². The van der Waals surface area contributed by atoms with Gasteiger partial charge in [0.15, 0.2) is 0 Å². The molecule has 5 nitrogen and oxygen atoms in total. The summed E-state index contributed by atoms with van der Waals surface area (Å²) >= 11 is 13.1. The lowest BCUT2D eigenvalue weighted by Gasteiger charge is -2.06. The minimum Gasteiger partial charge on any atom is -0.272 e. The number of carbonyl (C=O) groups excluding carboxylic acids is 2. The molecule has 0 aromatic heterocycles. The van der Waals surface area contributed by atoms with E-state index in [0.29, 0.717) is 20.5 Å². The Hall–Kier alpha value is -2.46. The van der Waals surface area contributed by atoms with Crippen molar-refractivity contribution in [3.63, 3.8) is 0 Å². The molecule has 0 bridgehead atoms. The van der Waals surface area contributed by atoms with Crippen LogP contribution in [-0.2, 0) is 9.59 Å². The zero-order valence-corrected chi connectivity index (χ0v) is 15.7. The first kappa shape index (κ1) is 19.9. The fourth-order valence-corrected chi connectivity index (χ4v) is 3.07. The molecular formula is C18H13Cl2N3O2S. The zero-order chi connectivity index (χ0) is 18.9. The molecule has 0 unspecified atom stereocenters. The van der Waals surface area contributed by atoms with Crippen LogP contribution in [0.1, 0.15) is 11.1 Å². The number of hydrogen-bond donors (Lipinski definition) is 2. The van der Waals surface area contributed by atoms with Gasteiger partial charge in [-0.05, 0) is 42.0 Å². The summed E-state index contributed by atoms with van der Waals surface area (Å²) in [5.41, 5.74) is 5.90. The van der Waals surface area contributed by atoms with Crippen molar-refractivity contribution in [2.75, 3.05) is 5.75 Å². The smallest absolute Gasteiger partial charge is 0.262 e. The van der Waals surface area contributed by atoms with E-state index in [1.54, 1.807) is 48.5 Å². The van der Waals surface area contributed by atoms with Crippen molar-refractivity contribution < 1.29 is 9.59 Å². The summed E-state index contributed by atoms with van der Waals surface area (Å²) in [6.07, 6.45) is 2.85. The van der Waals surface area contributed by atoms with Crippen molar-refractivity contribution in [1.82, 2.24) is 10.9 Å². The molecule has 26 heavy (non-hydrogen) atoms. The van der Waals surface area contributed by atoms with Crippen LogP contribution in [0.4, 0.5) is 0 Å². The quantitative estimate of drug-likeness (QED) is 0.449. The first-order valence-electron chi connectivity index (χ1n) is 7.33. The second kappa shape index (κ2) is 9.88. The van der Waals surface area contributed by atoms with Gasteiger partial charge < -0.3 is 0 Å². The molecule has 0 saturated heterocycles. The number of halogens is 2. The second-order valence-corrected chi connectivity index (χ2v) is 6.83. The van der Waals surface area contributed by atoms with Gasteiger partial charge in [-0.3, -0.25) is 20.4 Å². The van der Waals surface area contributed by atoms with E-state index in [1.807, 2.05) is 6.07 Å². The number of benzene rings is 2. The third-order valence-corrected chi connectivity index (χ3v) is 4.78. The maximum atomic E-state index is 11.8. The van der Waals surface area contributed by atoms with E-state index in [1.165, 1.54) is 17.8 Å². The molecule has 8 heteroatoms. The SMILES string of the molecule is N#Cc1ccc(/C=C/C(=O)NNC(=O)CSc2cc(Cl)ccc2Cl)cc1. The van der Waals surface area contributed by atoms with Crippen LogP contribution in [0.25, 0.3) is 6.08 Å². The van der Waals surface area contributed by atoms with E-state index in [9.17, 15) is 9.59 Å². The van der Waals surface area contributed by atoms with Crippen LogP contribution in [0.3, 0.4) is 0 Å². The first-order chi connectivity index (χ1) is 12.5. The van der Waals surface area contributed by atoms with Crippen LogP contribution < -0.4 is 10.9 Å². The van der Waals surface area contributed by atoms with Gasteiger partial charge in [0, 0.05) is 16.0 Å². The zero-order valence-electron chi connectivity index (χ0n) is 13.3. The molecule has 2 aromatic rings. The summed E-state index contributed by atoms with van der Waals surface area (Å²) in [4.78, 5) is 24.2. The molecule has 0 aliphatic carbocycles. The van der Waals surface area contributed by atoms with Crippen LogP contribution in [0.15, 0.2) is 53.4 Å². The van der Waals surface area contributed by atoms with Gasteiger partial charge in [0.25, 0.3) is 5.91 Å². The molecule has 2 N–H and O–H groups in total. The third-order valence-electron chi connectivity index (χ3n) is 3.04. The van der Waals surface area contributed by atoms with E-state index in [2.05, 4.69) is 10.9 Å². The Bertz CT molecular complexity index is 877. The molecule has 0 heterocycles. The summed E-state index contributed by atoms with van der Waals surface area (Å²) in [5, 5.41) is 9.75. The van der Waals surface area contributed by atoms with Gasteiger partial charge in [-0.25, -0.2) is 0 Å². The molecule has 0 atom stereocenters. The third kappa shape index (κ3) is 6.45. The topological polar surface area (TPSA) is 82.0 Å². The lowest BCUT2D eigenvalue weighted by Crippen LogP contribution is -2.41. The van der Waals surface area contributed by atoms with Crippen LogP contribution in [0.5, 0.6) is 0 Å². The fourth-order valence-electron chi connectivity index (χ4n) is 1.78. The molecule has 0 saturated carbocycles. The standard InChI is InChI=1S/C18H13Cl2N3O2S/c19-14-6-7-15(20)16(9-14)26-11-18(25)23-22-17(24)8-5-12-1-3-13(10-21)4-2-12/h1-9H,11H2,(H,22,24)(H,23,25)/b8-5+. The molecular weight excluding hydrogens is 393 g/mol. The highest BCUT2D eigenvalue weighted by Crippen LogP contribution is 2.29. The maximum absolute atomic E-state index is 11.8. The predicted molar refractivity (Wildman–Crippen MR) is 104 cm³/mol. The highest BCUT2D eigenvalue weighted by atomic mass is 35.5. The molecule has 132 valence electrons. The average molecular weight is 406 g/mol. The van der Waals surface area contributed by atoms with Gasteiger partial charge in [-0.1, -0.05) is 35.3 Å². The van der Waals surface area contributed by atoms with Crippen molar-refractivity contribution in [2.45, 2.75) is 4.90 Å². The van der Waals surface area contributed by atoms with E-state index in [4.69, 9.17) is 28.5 Å². The minimum atomic E-state index is -0.478. The van der Waals surface area contributed by atoms with Crippen LogP contribution in [0.2, 0.25) is 10.0 Å². The van der Waals surface area contributed by atoms with Crippen molar-refractivity contribution >= 4 is 52.9 Å². The van der Waals surface area contributed by atoms with E-state index >= 15 is 0 Å². The summed E-state index contributed by atoms with van der Waals surface area (Å²) in [6, 6.07) is 13.7. The number of nitriles is 1. The second-order valence-electron chi connectivity index (χ2n) is 4.97. The Morgan fingerprint density at radius 1 is 1.12 bits per heavy atom. The van der Waals surface area contributed by atoms with Gasteiger partial charge in [0.2, 0.25) is 5.91 Å². The number of nitrogens with zero attached hydrogens (tertiary/aromatic N) is 1. The number of hydrogen-bond acceptors (Lipinski definition) is 4. The minimum absolute atomic E-state index is 0.0691. The van der Waals surface area contributed by atoms with E-state index in [0.717, 1.165) is 5.56 Å². The Balaban J connectivity index is 1.77. The number of hydrazine groups is 1. The van der Waals surface area contributed by atoms with Gasteiger partial charge >= 0.3 is 0 Å². The number of amides is 2. The monoisotopic (exact) mass is 405 g/mol. The van der Waals surface area contributed by atoms with Crippen molar-refractivity contribution in [3.05, 3.63) is 69.7 Å². The molecule has 0 aliphatic rings. The molecule has 0 aliphatic heterocycles. The summed E-state index contributed by atoms with van der Waals surface area (Å²) in [6.45, 7) is 0. The molecule has 0 radical (unpaired) electrons. The van der Waals surface area contributed by atoms with Crippen molar-refractivity contribution in [3.8, 4) is 6.07 Å². The summed E-state index contributed by atoms with van der Waals surface area (Å²) in [7, 11) is 0. The highest BCUT2D eigenvalue weighted by molar-refractivity contribution is 8.00. The van der Waals surface area contributed by atoms with Crippen molar-refractivity contribution in [1.29, 1.82) is 5.26 Å². The maximum Gasteiger partial charge on any atom is 0.262 e. The summed E-state index contributed by atoms with van der Waals surface area (Å²) in [5.74, 6) is -0.792. The van der Waals surface area contributed by atoms with Crippen molar-refractivity contribution in [2.24, 2.45) is 0 Å². The normalized spacial score (nSPS) is 10.3. The van der Waals surface area contributed by atoms with Gasteiger partial charge in [-0.2, -0.15) is 5.26 Å². The number of thioether (sulfide) groups is 1. The molecule has 2 rings (SSSR count). The van der Waals surface area contributed by atoms with E-state index < -0.39 is 5.91 Å². The molecule has 0 fully saturated rings. The van der Waals surface area contributed by atoms with Crippen LogP contribution in [-0.4, -0.2) is 17.6 Å². The first-order valence-corrected chi connectivity index (χ1v) is 9.07. The summed E-state index contributed by atoms with van der Waals surface area (Å²) < 4.78 is 0. The molecule has 0 spiro atoms. The average Bonchev–Trinajstić information content (AvgIpc) is 2.65. The van der Waals surface area contributed by atoms with Gasteiger partial charge in [0.05, 0.1) is 22.4 Å². The van der Waals surface area contributed by atoms with Crippen LogP contribution in [0, 0.1) is 11.3 Å². The van der Waals surface area contributed by atoms with Crippen LogP contribution >= 0.6 is 35.0 Å². The lowest BCUT2D eigenvalue weighted by atomic mass is 10.1.